The average molecular weight is 461 g/mol. The molecule has 0 bridgehead atoms. The van der Waals surface area contributed by atoms with E-state index in [1.807, 2.05) is 13.8 Å². The molecule has 1 rings (SSSR count). The highest BCUT2D eigenvalue weighted by Crippen LogP contribution is 2.15. The molecule has 138 valence electrons. The topological polar surface area (TPSA) is 85.8 Å². The molecule has 1 atom stereocenters. The van der Waals surface area contributed by atoms with E-state index in [2.05, 4.69) is 32.2 Å². The van der Waals surface area contributed by atoms with Crippen LogP contribution in [0, 0.1) is 0 Å². The van der Waals surface area contributed by atoms with Gasteiger partial charge in [0.05, 0.1) is 6.26 Å². The molecule has 0 aliphatic carbocycles. The van der Waals surface area contributed by atoms with Crippen LogP contribution in [0.1, 0.15) is 33.6 Å². The van der Waals surface area contributed by atoms with Crippen molar-refractivity contribution in [3.05, 3.63) is 0 Å². The van der Waals surface area contributed by atoms with Crippen molar-refractivity contribution in [2.75, 3.05) is 39.5 Å². The first-order chi connectivity index (χ1) is 10.2. The van der Waals surface area contributed by atoms with Crippen molar-refractivity contribution in [2.45, 2.75) is 45.2 Å². The van der Waals surface area contributed by atoms with Crippen molar-refractivity contribution < 1.29 is 8.42 Å². The fourth-order valence-electron chi connectivity index (χ4n) is 2.82. The van der Waals surface area contributed by atoms with Gasteiger partial charge in [0.25, 0.3) is 0 Å². The minimum absolute atomic E-state index is 0. The Hall–Kier alpha value is -0.130. The highest BCUT2D eigenvalue weighted by molar-refractivity contribution is 14.0. The third-order valence-electron chi connectivity index (χ3n) is 3.79. The average Bonchev–Trinajstić information content (AvgIpc) is 2.83. The van der Waals surface area contributed by atoms with E-state index in [1.165, 1.54) is 25.6 Å². The monoisotopic (exact) mass is 461 g/mol. The van der Waals surface area contributed by atoms with E-state index in [4.69, 9.17) is 0 Å². The van der Waals surface area contributed by atoms with E-state index in [0.29, 0.717) is 18.5 Å². The van der Waals surface area contributed by atoms with Crippen molar-refractivity contribution in [1.29, 1.82) is 0 Å². The molecule has 0 spiro atoms. The van der Waals surface area contributed by atoms with Crippen LogP contribution in [0.5, 0.6) is 0 Å². The fourth-order valence-corrected chi connectivity index (χ4v) is 3.90. The molecule has 0 radical (unpaired) electrons. The van der Waals surface area contributed by atoms with Gasteiger partial charge < -0.3 is 10.6 Å². The van der Waals surface area contributed by atoms with Crippen LogP contribution in [-0.4, -0.2) is 70.3 Å². The van der Waals surface area contributed by atoms with Crippen LogP contribution >= 0.6 is 24.0 Å². The zero-order valence-electron chi connectivity index (χ0n) is 14.8. The number of likely N-dealkylation sites (N-methyl/N-ethyl adjacent to an activating group) is 1. The molecule has 0 amide bonds. The van der Waals surface area contributed by atoms with Gasteiger partial charge in [0, 0.05) is 31.7 Å². The summed E-state index contributed by atoms with van der Waals surface area (Å²) >= 11 is 0. The van der Waals surface area contributed by atoms with Gasteiger partial charge in [-0.05, 0) is 39.8 Å². The van der Waals surface area contributed by atoms with Crippen LogP contribution in [0.3, 0.4) is 0 Å². The van der Waals surface area contributed by atoms with Crippen molar-refractivity contribution in [3.63, 3.8) is 0 Å². The Balaban J connectivity index is 0.00000484. The van der Waals surface area contributed by atoms with Gasteiger partial charge in [-0.25, -0.2) is 13.1 Å². The number of nitrogens with zero attached hydrogens (tertiary/aromatic N) is 2. The van der Waals surface area contributed by atoms with E-state index in [0.717, 1.165) is 13.1 Å². The van der Waals surface area contributed by atoms with Crippen LogP contribution in [0.25, 0.3) is 0 Å². The number of rotatable bonds is 7. The van der Waals surface area contributed by atoms with Gasteiger partial charge in [0.2, 0.25) is 10.0 Å². The summed E-state index contributed by atoms with van der Waals surface area (Å²) in [6.45, 7) is 9.41. The summed E-state index contributed by atoms with van der Waals surface area (Å²) in [7, 11) is -1.51. The van der Waals surface area contributed by atoms with Gasteiger partial charge in [-0.1, -0.05) is 6.92 Å². The summed E-state index contributed by atoms with van der Waals surface area (Å²) in [4.78, 5) is 6.67. The number of likely N-dealkylation sites (tertiary alicyclic amines) is 1. The Kier molecular flexibility index (Phi) is 9.94. The van der Waals surface area contributed by atoms with Gasteiger partial charge in [-0.15, -0.1) is 24.0 Å². The summed E-state index contributed by atoms with van der Waals surface area (Å²) in [6, 6.07) is 0.547. The highest BCUT2D eigenvalue weighted by Gasteiger charge is 2.24. The maximum atomic E-state index is 11.3. The normalized spacial score (nSPS) is 20.2. The zero-order chi connectivity index (χ0) is 16.8. The molecule has 9 heteroatoms. The number of hydrogen-bond acceptors (Lipinski definition) is 4. The second-order valence-corrected chi connectivity index (χ2v) is 8.24. The Morgan fingerprint density at radius 2 is 2.00 bits per heavy atom. The van der Waals surface area contributed by atoms with E-state index in [1.54, 1.807) is 7.05 Å². The fraction of sp³-hybridized carbons (Fsp3) is 0.929. The maximum Gasteiger partial charge on any atom is 0.209 e. The lowest BCUT2D eigenvalue weighted by Gasteiger charge is -2.27. The van der Waals surface area contributed by atoms with Gasteiger partial charge in [-0.2, -0.15) is 0 Å². The Bertz CT molecular complexity index is 482. The molecule has 3 N–H and O–H groups in total. The number of halogens is 1. The summed E-state index contributed by atoms with van der Waals surface area (Å²) in [5, 5.41) is 6.51. The molecular weight excluding hydrogens is 429 g/mol. The van der Waals surface area contributed by atoms with Gasteiger partial charge in [0.1, 0.15) is 0 Å². The second kappa shape index (κ2) is 10.00. The predicted octanol–water partition coefficient (Wildman–Crippen LogP) is 0.582. The molecule has 1 heterocycles. The number of aliphatic imine (C=N–C) groups is 1. The number of guanidine groups is 1. The van der Waals surface area contributed by atoms with Crippen molar-refractivity contribution >= 4 is 40.0 Å². The molecule has 0 aromatic heterocycles. The van der Waals surface area contributed by atoms with Gasteiger partial charge in [-0.3, -0.25) is 9.89 Å². The SMILES string of the molecule is CCN1CCCC1CNC(=NC)NCC(C)(C)NS(C)(=O)=O.I. The lowest BCUT2D eigenvalue weighted by molar-refractivity contribution is 0.267. The summed E-state index contributed by atoms with van der Waals surface area (Å²) in [5.41, 5.74) is -0.575. The molecule has 0 aromatic carbocycles. The number of sulfonamides is 1. The Morgan fingerprint density at radius 1 is 1.35 bits per heavy atom. The van der Waals surface area contributed by atoms with Crippen LogP contribution < -0.4 is 15.4 Å². The standard InChI is InChI=1S/C14H31N5O2S.HI/c1-6-19-9-7-8-12(19)10-16-13(15-4)17-11-14(2,3)18-22(5,20)21;/h12,18H,6-11H2,1-5H3,(H2,15,16,17);1H. The lowest BCUT2D eigenvalue weighted by atomic mass is 10.1. The quantitative estimate of drug-likeness (QED) is 0.294. The minimum atomic E-state index is -3.23. The molecule has 7 nitrogen and oxygen atoms in total. The molecule has 1 aliphatic heterocycles. The van der Waals surface area contributed by atoms with Crippen molar-refractivity contribution in [1.82, 2.24) is 20.3 Å². The van der Waals surface area contributed by atoms with E-state index in [-0.39, 0.29) is 24.0 Å². The van der Waals surface area contributed by atoms with E-state index < -0.39 is 15.6 Å². The largest absolute Gasteiger partial charge is 0.355 e. The van der Waals surface area contributed by atoms with E-state index in [9.17, 15) is 8.42 Å². The second-order valence-electron chi connectivity index (χ2n) is 6.49. The van der Waals surface area contributed by atoms with E-state index >= 15 is 0 Å². The summed E-state index contributed by atoms with van der Waals surface area (Å²) in [6.07, 6.45) is 3.62. The Morgan fingerprint density at radius 3 is 2.52 bits per heavy atom. The predicted molar refractivity (Wildman–Crippen MR) is 107 cm³/mol. The summed E-state index contributed by atoms with van der Waals surface area (Å²) in [5.74, 6) is 0.700. The first kappa shape index (κ1) is 22.9. The molecule has 1 fully saturated rings. The number of hydrogen-bond donors (Lipinski definition) is 3. The van der Waals surface area contributed by atoms with Crippen LogP contribution in [0.2, 0.25) is 0 Å². The highest BCUT2D eigenvalue weighted by atomic mass is 127. The van der Waals surface area contributed by atoms with Gasteiger partial charge in [0.15, 0.2) is 5.96 Å². The van der Waals surface area contributed by atoms with Crippen molar-refractivity contribution in [3.8, 4) is 0 Å². The van der Waals surface area contributed by atoms with Gasteiger partial charge >= 0.3 is 0 Å². The maximum absolute atomic E-state index is 11.3. The molecular formula is C14H32IN5O2S. The third kappa shape index (κ3) is 9.06. The molecule has 1 saturated heterocycles. The Labute approximate surface area is 158 Å². The summed E-state index contributed by atoms with van der Waals surface area (Å²) < 4.78 is 25.3. The van der Waals surface area contributed by atoms with Crippen LogP contribution in [0.15, 0.2) is 4.99 Å². The molecule has 0 saturated carbocycles. The van der Waals surface area contributed by atoms with Crippen molar-refractivity contribution in [2.24, 2.45) is 4.99 Å². The zero-order valence-corrected chi connectivity index (χ0v) is 18.0. The molecule has 1 unspecified atom stereocenters. The first-order valence-corrected chi connectivity index (χ1v) is 9.73. The van der Waals surface area contributed by atoms with Crippen LogP contribution in [0.4, 0.5) is 0 Å². The third-order valence-corrected chi connectivity index (χ3v) is 4.72. The van der Waals surface area contributed by atoms with Crippen LogP contribution in [-0.2, 0) is 10.0 Å². The smallest absolute Gasteiger partial charge is 0.209 e. The first-order valence-electron chi connectivity index (χ1n) is 7.84. The lowest BCUT2D eigenvalue weighted by Crippen LogP contribution is -2.53. The molecule has 23 heavy (non-hydrogen) atoms. The minimum Gasteiger partial charge on any atom is -0.355 e. The molecule has 1 aliphatic rings. The molecule has 0 aromatic rings. The number of nitrogens with one attached hydrogen (secondary N) is 3.